The summed E-state index contributed by atoms with van der Waals surface area (Å²) in [5.74, 6) is 0. The summed E-state index contributed by atoms with van der Waals surface area (Å²) in [5.41, 5.74) is 15.7. The monoisotopic (exact) mass is 844 g/mol. The predicted molar refractivity (Wildman–Crippen MR) is 279 cm³/mol. The molecule has 0 spiro atoms. The van der Waals surface area contributed by atoms with Crippen LogP contribution in [0.1, 0.15) is 25.0 Å². The van der Waals surface area contributed by atoms with Gasteiger partial charge in [0.15, 0.2) is 0 Å². The molecule has 1 aliphatic carbocycles. The summed E-state index contributed by atoms with van der Waals surface area (Å²) in [6.07, 6.45) is 0. The molecule has 66 heavy (non-hydrogen) atoms. The Labute approximate surface area is 384 Å². The van der Waals surface area contributed by atoms with Gasteiger partial charge in [0.25, 0.3) is 0 Å². The van der Waals surface area contributed by atoms with Crippen LogP contribution in [0.3, 0.4) is 0 Å². The van der Waals surface area contributed by atoms with Gasteiger partial charge in [-0.15, -0.1) is 0 Å². The number of para-hydroxylation sites is 3. The Balaban J connectivity index is 1.11. The van der Waals surface area contributed by atoms with Gasteiger partial charge in [-0.25, -0.2) is 0 Å². The molecule has 0 bridgehead atoms. The first-order chi connectivity index (χ1) is 32.5. The van der Waals surface area contributed by atoms with E-state index in [1.165, 1.54) is 38.4 Å². The fraction of sp³-hybridized carbons (Fsp3) is 0.0476. The van der Waals surface area contributed by atoms with E-state index < -0.39 is 0 Å². The number of hydrogen-bond donors (Lipinski definition) is 0. The maximum absolute atomic E-state index is 7.06. The van der Waals surface area contributed by atoms with Gasteiger partial charge in [-0.2, -0.15) is 0 Å². The molecule has 11 aromatic carbocycles. The van der Waals surface area contributed by atoms with E-state index in [-0.39, 0.29) is 5.41 Å². The zero-order chi connectivity index (χ0) is 43.9. The lowest BCUT2D eigenvalue weighted by Gasteiger charge is -2.34. The van der Waals surface area contributed by atoms with Gasteiger partial charge in [-0.05, 0) is 122 Å². The van der Waals surface area contributed by atoms with Crippen molar-refractivity contribution < 1.29 is 4.42 Å². The topological polar surface area (TPSA) is 19.6 Å². The molecule has 12 aromatic rings. The first-order valence-electron chi connectivity index (χ1n) is 22.8. The Hall–Kier alpha value is -8.40. The fourth-order valence-corrected chi connectivity index (χ4v) is 11.0. The Morgan fingerprint density at radius 2 is 0.818 bits per heavy atom. The van der Waals surface area contributed by atoms with Crippen LogP contribution < -0.4 is 9.80 Å². The van der Waals surface area contributed by atoms with Crippen LogP contribution in [0, 0.1) is 0 Å². The standard InChI is InChI=1S/C63H44N2O/c1-63(2)56-33-19-18-29-49(56)54-39-45(35-36-57(54)63)65(44-24-10-5-11-25-44)58-37-34-41(38-59(58)64(42-20-6-3-7-21-42)43-22-8-4-9-23-43)53-40-55-60-50-30-15-12-26-46(50)47-27-13-17-32-52(47)62(60)66-61(55)51-31-16-14-28-48(51)53/h3-40H,1-2H3. The smallest absolute Gasteiger partial charge is 0.143 e. The van der Waals surface area contributed by atoms with Gasteiger partial charge in [0, 0.05) is 49.7 Å². The van der Waals surface area contributed by atoms with Crippen LogP contribution in [0.2, 0.25) is 0 Å². The quantitative estimate of drug-likeness (QED) is 0.149. The van der Waals surface area contributed by atoms with Crippen LogP contribution >= 0.6 is 0 Å². The van der Waals surface area contributed by atoms with Crippen LogP contribution in [0.5, 0.6) is 0 Å². The van der Waals surface area contributed by atoms with E-state index in [9.17, 15) is 0 Å². The first-order valence-corrected chi connectivity index (χ1v) is 22.8. The van der Waals surface area contributed by atoms with Gasteiger partial charge in [-0.1, -0.05) is 178 Å². The van der Waals surface area contributed by atoms with Crippen molar-refractivity contribution in [3.05, 3.63) is 242 Å². The van der Waals surface area contributed by atoms with Crippen molar-refractivity contribution >= 4 is 88.4 Å². The van der Waals surface area contributed by atoms with E-state index in [2.05, 4.69) is 254 Å². The summed E-state index contributed by atoms with van der Waals surface area (Å²) in [4.78, 5) is 4.85. The summed E-state index contributed by atoms with van der Waals surface area (Å²) in [5, 5.41) is 9.24. The number of benzene rings is 11. The highest BCUT2D eigenvalue weighted by molar-refractivity contribution is 6.33. The molecule has 0 aliphatic heterocycles. The zero-order valence-corrected chi connectivity index (χ0v) is 36.7. The highest BCUT2D eigenvalue weighted by Crippen LogP contribution is 2.53. The number of fused-ring (bicyclic) bond motifs is 13. The van der Waals surface area contributed by atoms with Crippen molar-refractivity contribution in [2.24, 2.45) is 0 Å². The number of furan rings is 1. The molecule has 3 nitrogen and oxygen atoms in total. The molecule has 0 unspecified atom stereocenters. The minimum atomic E-state index is -0.101. The summed E-state index contributed by atoms with van der Waals surface area (Å²) in [6, 6.07) is 83.9. The average Bonchev–Trinajstić information content (AvgIpc) is 3.88. The molecule has 0 atom stereocenters. The SMILES string of the molecule is CC1(C)c2ccccc2-c2cc(N(c3ccccc3)c3ccc(-c4cc5c(oc6c7ccccc7c7ccccc7c56)c5ccccc45)cc3N(c3ccccc3)c3ccccc3)ccc21. The van der Waals surface area contributed by atoms with Crippen molar-refractivity contribution in [2.75, 3.05) is 9.80 Å². The van der Waals surface area contributed by atoms with E-state index in [0.717, 1.165) is 83.3 Å². The number of rotatable bonds is 7. The highest BCUT2D eigenvalue weighted by atomic mass is 16.3. The highest BCUT2D eigenvalue weighted by Gasteiger charge is 2.36. The van der Waals surface area contributed by atoms with Gasteiger partial charge in [0.1, 0.15) is 11.2 Å². The molecule has 0 radical (unpaired) electrons. The Morgan fingerprint density at radius 3 is 1.47 bits per heavy atom. The van der Waals surface area contributed by atoms with E-state index in [4.69, 9.17) is 4.42 Å². The van der Waals surface area contributed by atoms with Crippen molar-refractivity contribution in [2.45, 2.75) is 19.3 Å². The molecule has 0 fully saturated rings. The zero-order valence-electron chi connectivity index (χ0n) is 36.7. The van der Waals surface area contributed by atoms with Crippen LogP contribution in [-0.4, -0.2) is 0 Å². The van der Waals surface area contributed by atoms with Crippen molar-refractivity contribution in [1.29, 1.82) is 0 Å². The predicted octanol–water partition coefficient (Wildman–Crippen LogP) is 18.0. The molecule has 1 heterocycles. The minimum absolute atomic E-state index is 0.101. The molecule has 0 N–H and O–H groups in total. The number of anilines is 6. The largest absolute Gasteiger partial charge is 0.455 e. The second kappa shape index (κ2) is 14.8. The van der Waals surface area contributed by atoms with Gasteiger partial charge < -0.3 is 14.2 Å². The van der Waals surface area contributed by atoms with Crippen LogP contribution in [0.4, 0.5) is 34.1 Å². The molecule has 312 valence electrons. The van der Waals surface area contributed by atoms with Gasteiger partial charge >= 0.3 is 0 Å². The molecule has 1 aromatic heterocycles. The minimum Gasteiger partial charge on any atom is -0.455 e. The maximum atomic E-state index is 7.06. The second-order valence-corrected chi connectivity index (χ2v) is 18.0. The molecule has 0 saturated carbocycles. The summed E-state index contributed by atoms with van der Waals surface area (Å²) >= 11 is 0. The molecule has 0 amide bonds. The van der Waals surface area contributed by atoms with E-state index in [1.807, 2.05) is 0 Å². The fourth-order valence-electron chi connectivity index (χ4n) is 11.0. The van der Waals surface area contributed by atoms with Crippen LogP contribution in [0.15, 0.2) is 235 Å². The molecular weight excluding hydrogens is 801 g/mol. The molecule has 13 rings (SSSR count). The summed E-state index contributed by atoms with van der Waals surface area (Å²) < 4.78 is 7.06. The lowest BCUT2D eigenvalue weighted by atomic mass is 9.82. The third kappa shape index (κ3) is 5.76. The molecule has 1 aliphatic rings. The summed E-state index contributed by atoms with van der Waals surface area (Å²) in [6.45, 7) is 4.69. The first kappa shape index (κ1) is 38.1. The van der Waals surface area contributed by atoms with Gasteiger partial charge in [0.05, 0.1) is 11.4 Å². The van der Waals surface area contributed by atoms with Crippen molar-refractivity contribution in [3.8, 4) is 22.3 Å². The lowest BCUT2D eigenvalue weighted by Crippen LogP contribution is -2.18. The Bertz CT molecular complexity index is 3810. The van der Waals surface area contributed by atoms with E-state index in [0.29, 0.717) is 0 Å². The Morgan fingerprint density at radius 1 is 0.318 bits per heavy atom. The van der Waals surface area contributed by atoms with Gasteiger partial charge in [0.2, 0.25) is 0 Å². The number of nitrogens with zero attached hydrogens (tertiary/aromatic N) is 2. The van der Waals surface area contributed by atoms with Crippen LogP contribution in [0.25, 0.3) is 76.5 Å². The van der Waals surface area contributed by atoms with Gasteiger partial charge in [-0.3, -0.25) is 0 Å². The normalized spacial score (nSPS) is 12.8. The van der Waals surface area contributed by atoms with Crippen molar-refractivity contribution in [1.82, 2.24) is 0 Å². The average molecular weight is 845 g/mol. The van der Waals surface area contributed by atoms with Crippen molar-refractivity contribution in [3.63, 3.8) is 0 Å². The number of hydrogen-bond acceptors (Lipinski definition) is 3. The third-order valence-corrected chi connectivity index (χ3v) is 14.0. The lowest BCUT2D eigenvalue weighted by molar-refractivity contribution is 0.660. The van der Waals surface area contributed by atoms with E-state index >= 15 is 0 Å². The summed E-state index contributed by atoms with van der Waals surface area (Å²) in [7, 11) is 0. The van der Waals surface area contributed by atoms with E-state index in [1.54, 1.807) is 0 Å². The molecular formula is C63H44N2O. The second-order valence-electron chi connectivity index (χ2n) is 18.0. The molecule has 0 saturated heterocycles. The Kier molecular flexibility index (Phi) is 8.56. The third-order valence-electron chi connectivity index (χ3n) is 14.0. The van der Waals surface area contributed by atoms with Crippen LogP contribution in [-0.2, 0) is 5.41 Å². The molecule has 3 heteroatoms. The maximum Gasteiger partial charge on any atom is 0.143 e.